The van der Waals surface area contributed by atoms with Gasteiger partial charge < -0.3 is 9.47 Å². The van der Waals surface area contributed by atoms with Gasteiger partial charge in [0.1, 0.15) is 22.7 Å². The van der Waals surface area contributed by atoms with Crippen LogP contribution < -0.4 is 9.47 Å². The monoisotopic (exact) mass is 284 g/mol. The van der Waals surface area contributed by atoms with Gasteiger partial charge in [0.2, 0.25) is 0 Å². The minimum absolute atomic E-state index is 0.0999. The smallest absolute Gasteiger partial charge is 0.144 e. The molecule has 1 aromatic carbocycles. The first-order chi connectivity index (χ1) is 10.2. The number of benzene rings is 1. The van der Waals surface area contributed by atoms with Crippen molar-refractivity contribution in [2.24, 2.45) is 0 Å². The number of hydrogen-bond acceptors (Lipinski definition) is 5. The second kappa shape index (κ2) is 5.40. The highest BCUT2D eigenvalue weighted by Crippen LogP contribution is 2.29. The highest BCUT2D eigenvalue weighted by atomic mass is 16.5. The third-order valence-electron chi connectivity index (χ3n) is 3.00. The lowest BCUT2D eigenvalue weighted by atomic mass is 10.2. The van der Waals surface area contributed by atoms with Crippen LogP contribution in [0.2, 0.25) is 0 Å². The summed E-state index contributed by atoms with van der Waals surface area (Å²) in [4.78, 5) is 4.05. The van der Waals surface area contributed by atoms with Crippen molar-refractivity contribution in [3.05, 3.63) is 36.7 Å². The Morgan fingerprint density at radius 3 is 2.81 bits per heavy atom. The van der Waals surface area contributed by atoms with Crippen molar-refractivity contribution in [1.82, 2.24) is 20.0 Å². The Kier molecular flexibility index (Phi) is 3.43. The van der Waals surface area contributed by atoms with Crippen LogP contribution in [0.5, 0.6) is 11.5 Å². The van der Waals surface area contributed by atoms with Gasteiger partial charge in [0, 0.05) is 12.3 Å². The molecule has 2 aromatic heterocycles. The van der Waals surface area contributed by atoms with E-state index < -0.39 is 0 Å². The Hall–Kier alpha value is -2.63. The SMILES string of the molecule is COc1ccc(OC(C)C)cc1-n1nnc2cnccc21. The number of ether oxygens (including phenoxy) is 2. The van der Waals surface area contributed by atoms with Gasteiger partial charge >= 0.3 is 0 Å². The molecule has 6 heteroatoms. The van der Waals surface area contributed by atoms with Crippen LogP contribution in [0, 0.1) is 0 Å². The molecule has 0 amide bonds. The molecule has 2 heterocycles. The van der Waals surface area contributed by atoms with Crippen molar-refractivity contribution in [3.63, 3.8) is 0 Å². The third kappa shape index (κ3) is 2.52. The number of pyridine rings is 1. The van der Waals surface area contributed by atoms with Crippen molar-refractivity contribution in [3.8, 4) is 17.2 Å². The standard InChI is InChI=1S/C15H16N4O2/c1-10(2)21-11-4-5-15(20-3)14(8-11)19-13-6-7-16-9-12(13)17-18-19/h4-10H,1-3H3. The summed E-state index contributed by atoms with van der Waals surface area (Å²) in [5.41, 5.74) is 2.38. The van der Waals surface area contributed by atoms with Gasteiger partial charge in [-0.2, -0.15) is 0 Å². The molecule has 0 saturated heterocycles. The van der Waals surface area contributed by atoms with E-state index in [0.29, 0.717) is 5.75 Å². The fraction of sp³-hybridized carbons (Fsp3) is 0.267. The Morgan fingerprint density at radius 1 is 1.19 bits per heavy atom. The van der Waals surface area contributed by atoms with Crippen LogP contribution >= 0.6 is 0 Å². The first-order valence-corrected chi connectivity index (χ1v) is 6.69. The number of rotatable bonds is 4. The Balaban J connectivity index is 2.15. The van der Waals surface area contributed by atoms with Gasteiger partial charge in [-0.25, -0.2) is 4.68 Å². The van der Waals surface area contributed by atoms with Gasteiger partial charge in [-0.3, -0.25) is 4.98 Å². The van der Waals surface area contributed by atoms with E-state index in [2.05, 4.69) is 15.3 Å². The molecule has 0 saturated carbocycles. The van der Waals surface area contributed by atoms with Crippen LogP contribution in [-0.4, -0.2) is 33.2 Å². The maximum absolute atomic E-state index is 5.74. The molecule has 3 rings (SSSR count). The largest absolute Gasteiger partial charge is 0.494 e. The first-order valence-electron chi connectivity index (χ1n) is 6.69. The van der Waals surface area contributed by atoms with E-state index >= 15 is 0 Å². The molecule has 0 unspecified atom stereocenters. The zero-order valence-corrected chi connectivity index (χ0v) is 12.1. The van der Waals surface area contributed by atoms with Crippen molar-refractivity contribution < 1.29 is 9.47 Å². The van der Waals surface area contributed by atoms with E-state index in [1.807, 2.05) is 38.1 Å². The van der Waals surface area contributed by atoms with Crippen molar-refractivity contribution in [2.45, 2.75) is 20.0 Å². The number of methoxy groups -OCH3 is 1. The molecule has 108 valence electrons. The molecule has 0 radical (unpaired) electrons. The summed E-state index contributed by atoms with van der Waals surface area (Å²) in [7, 11) is 1.63. The van der Waals surface area contributed by atoms with Crippen molar-refractivity contribution in [2.75, 3.05) is 7.11 Å². The fourth-order valence-electron chi connectivity index (χ4n) is 2.13. The number of nitrogens with zero attached hydrogens (tertiary/aromatic N) is 4. The molecule has 0 aliphatic carbocycles. The van der Waals surface area contributed by atoms with E-state index in [-0.39, 0.29) is 6.10 Å². The summed E-state index contributed by atoms with van der Waals surface area (Å²) in [6.07, 6.45) is 3.49. The predicted molar refractivity (Wildman–Crippen MR) is 79.0 cm³/mol. The van der Waals surface area contributed by atoms with E-state index in [9.17, 15) is 0 Å². The molecule has 0 fully saturated rings. The lowest BCUT2D eigenvalue weighted by molar-refractivity contribution is 0.242. The quantitative estimate of drug-likeness (QED) is 0.737. The average Bonchev–Trinajstić information content (AvgIpc) is 2.90. The topological polar surface area (TPSA) is 62.1 Å². The molecule has 6 nitrogen and oxygen atoms in total. The lowest BCUT2D eigenvalue weighted by Gasteiger charge is -2.13. The molecule has 0 spiro atoms. The van der Waals surface area contributed by atoms with Gasteiger partial charge in [-0.05, 0) is 32.0 Å². The Labute approximate surface area is 122 Å². The van der Waals surface area contributed by atoms with Gasteiger partial charge in [0.05, 0.1) is 24.9 Å². The minimum Gasteiger partial charge on any atom is -0.494 e. The molecule has 21 heavy (non-hydrogen) atoms. The maximum Gasteiger partial charge on any atom is 0.144 e. The number of hydrogen-bond donors (Lipinski definition) is 0. The van der Waals surface area contributed by atoms with Crippen molar-refractivity contribution >= 4 is 11.0 Å². The molecule has 0 aliphatic heterocycles. The van der Waals surface area contributed by atoms with Gasteiger partial charge in [0.15, 0.2) is 0 Å². The van der Waals surface area contributed by atoms with Crippen LogP contribution in [0.25, 0.3) is 16.7 Å². The molecule has 0 N–H and O–H groups in total. The van der Waals surface area contributed by atoms with Crippen LogP contribution in [0.15, 0.2) is 36.7 Å². The van der Waals surface area contributed by atoms with E-state index in [4.69, 9.17) is 9.47 Å². The molecule has 0 atom stereocenters. The van der Waals surface area contributed by atoms with E-state index in [0.717, 1.165) is 22.5 Å². The van der Waals surface area contributed by atoms with Crippen LogP contribution in [-0.2, 0) is 0 Å². The zero-order valence-electron chi connectivity index (χ0n) is 12.1. The van der Waals surface area contributed by atoms with Crippen molar-refractivity contribution in [1.29, 1.82) is 0 Å². The highest BCUT2D eigenvalue weighted by Gasteiger charge is 2.13. The lowest BCUT2D eigenvalue weighted by Crippen LogP contribution is -2.07. The molecular formula is C15H16N4O2. The fourth-order valence-corrected chi connectivity index (χ4v) is 2.13. The maximum atomic E-state index is 5.74. The summed E-state index contributed by atoms with van der Waals surface area (Å²) in [5.74, 6) is 1.47. The molecule has 0 aliphatic rings. The summed E-state index contributed by atoms with van der Waals surface area (Å²) in [6, 6.07) is 7.50. The average molecular weight is 284 g/mol. The summed E-state index contributed by atoms with van der Waals surface area (Å²) >= 11 is 0. The number of fused-ring (bicyclic) bond motifs is 1. The molecule has 0 bridgehead atoms. The summed E-state index contributed by atoms with van der Waals surface area (Å²) in [5, 5.41) is 8.30. The van der Waals surface area contributed by atoms with Gasteiger partial charge in [-0.15, -0.1) is 5.10 Å². The third-order valence-corrected chi connectivity index (χ3v) is 3.00. The first kappa shape index (κ1) is 13.4. The second-order valence-corrected chi connectivity index (χ2v) is 4.87. The van der Waals surface area contributed by atoms with Gasteiger partial charge in [-0.1, -0.05) is 5.21 Å². The Morgan fingerprint density at radius 2 is 2.05 bits per heavy atom. The normalized spacial score (nSPS) is 11.0. The second-order valence-electron chi connectivity index (χ2n) is 4.87. The Bertz CT molecular complexity index is 767. The predicted octanol–water partition coefficient (Wildman–Crippen LogP) is 2.61. The summed E-state index contributed by atoms with van der Waals surface area (Å²) < 4.78 is 12.9. The molecular weight excluding hydrogens is 268 g/mol. The highest BCUT2D eigenvalue weighted by molar-refractivity contribution is 5.75. The zero-order chi connectivity index (χ0) is 14.8. The minimum atomic E-state index is 0.0999. The van der Waals surface area contributed by atoms with Crippen LogP contribution in [0.1, 0.15) is 13.8 Å². The van der Waals surface area contributed by atoms with E-state index in [1.54, 1.807) is 24.2 Å². The van der Waals surface area contributed by atoms with Gasteiger partial charge in [0.25, 0.3) is 0 Å². The summed E-state index contributed by atoms with van der Waals surface area (Å²) in [6.45, 7) is 3.97. The number of aromatic nitrogens is 4. The van der Waals surface area contributed by atoms with E-state index in [1.165, 1.54) is 0 Å². The molecule has 3 aromatic rings. The van der Waals surface area contributed by atoms with Crippen LogP contribution in [0.3, 0.4) is 0 Å². The van der Waals surface area contributed by atoms with Crippen LogP contribution in [0.4, 0.5) is 0 Å².